The molecule has 124 valence electrons. The number of ether oxygens (including phenoxy) is 1. The van der Waals surface area contributed by atoms with Crippen LogP contribution in [0, 0.1) is 0 Å². The first kappa shape index (κ1) is 16.4. The van der Waals surface area contributed by atoms with Crippen molar-refractivity contribution >= 4 is 50.7 Å². The molecule has 0 aromatic heterocycles. The Kier molecular flexibility index (Phi) is 3.94. The summed E-state index contributed by atoms with van der Waals surface area (Å²) in [6, 6.07) is 1.14. The first-order chi connectivity index (χ1) is 10.7. The molecule has 1 unspecified atom stereocenters. The number of methoxy groups -OCH3 is 1. The van der Waals surface area contributed by atoms with Crippen molar-refractivity contribution in [3.8, 4) is 5.75 Å². The van der Waals surface area contributed by atoms with E-state index in [9.17, 15) is 18.0 Å². The Bertz CT molecular complexity index is 811. The molecular formula is C13H12Cl2N2O5S. The number of nitrogens with zero attached hydrogens (tertiary/aromatic N) is 2. The fourth-order valence-electron chi connectivity index (χ4n) is 2.68. The molecule has 0 radical (unpaired) electrons. The molecule has 1 atom stereocenters. The normalized spacial score (nSPS) is 23.2. The van der Waals surface area contributed by atoms with Gasteiger partial charge in [0.1, 0.15) is 11.8 Å². The largest absolute Gasteiger partial charge is 0.495 e. The Labute approximate surface area is 142 Å². The molecule has 0 spiro atoms. The van der Waals surface area contributed by atoms with Crippen LogP contribution in [0.3, 0.4) is 0 Å². The first-order valence-corrected chi connectivity index (χ1v) is 9.21. The number of carbonyl (C=O) groups excluding carboxylic acids is 2. The van der Waals surface area contributed by atoms with E-state index < -0.39 is 27.8 Å². The number of urea groups is 1. The minimum atomic E-state index is -3.35. The monoisotopic (exact) mass is 378 g/mol. The maximum atomic E-state index is 12.5. The van der Waals surface area contributed by atoms with Gasteiger partial charge in [-0.15, -0.1) is 0 Å². The van der Waals surface area contributed by atoms with E-state index in [2.05, 4.69) is 0 Å². The molecule has 0 saturated carbocycles. The van der Waals surface area contributed by atoms with Crippen molar-refractivity contribution < 1.29 is 22.7 Å². The number of carbonyl (C=O) groups is 2. The smallest absolute Gasteiger partial charge is 0.332 e. The molecule has 7 nitrogen and oxygen atoms in total. The van der Waals surface area contributed by atoms with Crippen LogP contribution >= 0.6 is 23.2 Å². The summed E-state index contributed by atoms with van der Waals surface area (Å²) in [5.74, 6) is -0.904. The third-order valence-electron chi connectivity index (χ3n) is 3.84. The topological polar surface area (TPSA) is 84.0 Å². The Morgan fingerprint density at radius 3 is 2.57 bits per heavy atom. The highest BCUT2D eigenvalue weighted by atomic mass is 35.5. The van der Waals surface area contributed by atoms with Gasteiger partial charge in [-0.25, -0.2) is 18.1 Å². The number of rotatable bonds is 2. The highest BCUT2D eigenvalue weighted by molar-refractivity contribution is 7.91. The van der Waals surface area contributed by atoms with Gasteiger partial charge in [0.15, 0.2) is 9.84 Å². The van der Waals surface area contributed by atoms with E-state index in [1.54, 1.807) is 0 Å². The number of halogens is 2. The summed E-state index contributed by atoms with van der Waals surface area (Å²) in [4.78, 5) is 27.2. The predicted octanol–water partition coefficient (Wildman–Crippen LogP) is 1.57. The van der Waals surface area contributed by atoms with Gasteiger partial charge in [0.05, 0.1) is 34.3 Å². The second kappa shape index (κ2) is 5.54. The predicted molar refractivity (Wildman–Crippen MR) is 85.0 cm³/mol. The summed E-state index contributed by atoms with van der Waals surface area (Å²) in [7, 11) is -1.96. The number of sulfone groups is 1. The van der Waals surface area contributed by atoms with Gasteiger partial charge in [-0.05, 0) is 6.07 Å². The third-order valence-corrected chi connectivity index (χ3v) is 6.06. The summed E-state index contributed by atoms with van der Waals surface area (Å²) < 4.78 is 28.5. The molecule has 0 bridgehead atoms. The van der Waals surface area contributed by atoms with E-state index in [1.165, 1.54) is 24.1 Å². The SMILES string of the molecule is COc1cc(N2C(=O)C3CS(=O)(=O)CCN3C2=O)c(Cl)cc1Cl. The van der Waals surface area contributed by atoms with Crippen molar-refractivity contribution in [3.63, 3.8) is 0 Å². The van der Waals surface area contributed by atoms with Gasteiger partial charge in [0.2, 0.25) is 0 Å². The number of hydrogen-bond donors (Lipinski definition) is 0. The summed E-state index contributed by atoms with van der Waals surface area (Å²) >= 11 is 12.1. The lowest BCUT2D eigenvalue weighted by Crippen LogP contribution is -2.48. The Hall–Kier alpha value is -1.51. The Balaban J connectivity index is 2.05. The van der Waals surface area contributed by atoms with Gasteiger partial charge in [-0.2, -0.15) is 0 Å². The zero-order valence-electron chi connectivity index (χ0n) is 12.0. The van der Waals surface area contributed by atoms with Crippen LogP contribution in [-0.4, -0.2) is 56.5 Å². The van der Waals surface area contributed by atoms with Crippen LogP contribution in [0.25, 0.3) is 0 Å². The maximum Gasteiger partial charge on any atom is 0.332 e. The average molecular weight is 379 g/mol. The van der Waals surface area contributed by atoms with Crippen molar-refractivity contribution in [1.29, 1.82) is 0 Å². The van der Waals surface area contributed by atoms with Gasteiger partial charge >= 0.3 is 6.03 Å². The summed E-state index contributed by atoms with van der Waals surface area (Å²) in [6.45, 7) is -0.0174. The van der Waals surface area contributed by atoms with Gasteiger partial charge in [-0.3, -0.25) is 4.79 Å². The second-order valence-electron chi connectivity index (χ2n) is 5.22. The third kappa shape index (κ3) is 2.64. The van der Waals surface area contributed by atoms with Crippen molar-refractivity contribution in [2.24, 2.45) is 0 Å². The van der Waals surface area contributed by atoms with E-state index >= 15 is 0 Å². The van der Waals surface area contributed by atoms with E-state index in [0.717, 1.165) is 4.90 Å². The van der Waals surface area contributed by atoms with Crippen molar-refractivity contribution in [2.45, 2.75) is 6.04 Å². The Morgan fingerprint density at radius 1 is 1.22 bits per heavy atom. The van der Waals surface area contributed by atoms with Crippen LogP contribution in [-0.2, 0) is 14.6 Å². The van der Waals surface area contributed by atoms with Crippen LogP contribution < -0.4 is 9.64 Å². The molecule has 2 saturated heterocycles. The number of amides is 3. The van der Waals surface area contributed by atoms with Crippen LogP contribution in [0.2, 0.25) is 10.0 Å². The summed E-state index contributed by atoms with van der Waals surface area (Å²) in [6.07, 6.45) is 0. The van der Waals surface area contributed by atoms with E-state index in [1.807, 2.05) is 0 Å². The zero-order valence-corrected chi connectivity index (χ0v) is 14.3. The zero-order chi connectivity index (χ0) is 16.9. The maximum absolute atomic E-state index is 12.5. The fraction of sp³-hybridized carbons (Fsp3) is 0.385. The molecule has 10 heteroatoms. The molecule has 1 aromatic rings. The molecule has 3 rings (SSSR count). The first-order valence-electron chi connectivity index (χ1n) is 6.63. The number of anilines is 1. The lowest BCUT2D eigenvalue weighted by molar-refractivity contribution is -0.119. The van der Waals surface area contributed by atoms with Crippen LogP contribution in [0.4, 0.5) is 10.5 Å². The van der Waals surface area contributed by atoms with Gasteiger partial charge in [0, 0.05) is 12.6 Å². The molecule has 1 aromatic carbocycles. The Morgan fingerprint density at radius 2 is 1.91 bits per heavy atom. The molecule has 3 amide bonds. The van der Waals surface area contributed by atoms with E-state index in [0.29, 0.717) is 0 Å². The van der Waals surface area contributed by atoms with Crippen LogP contribution in [0.15, 0.2) is 12.1 Å². The molecular weight excluding hydrogens is 367 g/mol. The number of hydrogen-bond acceptors (Lipinski definition) is 5. The lowest BCUT2D eigenvalue weighted by Gasteiger charge is -2.26. The summed E-state index contributed by atoms with van der Waals surface area (Å²) in [5.41, 5.74) is 0.120. The molecule has 23 heavy (non-hydrogen) atoms. The quantitative estimate of drug-likeness (QED) is 0.729. The van der Waals surface area contributed by atoms with Crippen LogP contribution in [0.1, 0.15) is 0 Å². The number of fused-ring (bicyclic) bond motifs is 1. The molecule has 2 fully saturated rings. The number of imide groups is 1. The standard InChI is InChI=1S/C13H12Cl2N2O5S/c1-22-11-5-9(7(14)4-8(11)15)17-12(18)10-6-23(20,21)3-2-16(10)13(17)19/h4-5,10H,2-3,6H2,1H3. The lowest BCUT2D eigenvalue weighted by atomic mass is 10.2. The van der Waals surface area contributed by atoms with Gasteiger partial charge in [0.25, 0.3) is 5.91 Å². The average Bonchev–Trinajstić information content (AvgIpc) is 2.70. The fourth-order valence-corrected chi connectivity index (χ4v) is 4.67. The van der Waals surface area contributed by atoms with Crippen LogP contribution in [0.5, 0.6) is 5.75 Å². The van der Waals surface area contributed by atoms with Gasteiger partial charge < -0.3 is 9.64 Å². The highest BCUT2D eigenvalue weighted by Gasteiger charge is 2.50. The molecule has 0 aliphatic carbocycles. The molecule has 2 heterocycles. The molecule has 2 aliphatic rings. The highest BCUT2D eigenvalue weighted by Crippen LogP contribution is 2.39. The van der Waals surface area contributed by atoms with E-state index in [4.69, 9.17) is 27.9 Å². The molecule has 2 aliphatic heterocycles. The minimum Gasteiger partial charge on any atom is -0.495 e. The second-order valence-corrected chi connectivity index (χ2v) is 8.26. The van der Waals surface area contributed by atoms with Gasteiger partial charge in [-0.1, -0.05) is 23.2 Å². The molecule has 0 N–H and O–H groups in total. The summed E-state index contributed by atoms with van der Waals surface area (Å²) in [5, 5.41) is 0.334. The van der Waals surface area contributed by atoms with Crippen molar-refractivity contribution in [1.82, 2.24) is 4.90 Å². The van der Waals surface area contributed by atoms with Crippen molar-refractivity contribution in [3.05, 3.63) is 22.2 Å². The number of benzene rings is 1. The van der Waals surface area contributed by atoms with Crippen molar-refractivity contribution in [2.75, 3.05) is 30.1 Å². The minimum absolute atomic E-state index is 0.0174. The van der Waals surface area contributed by atoms with E-state index in [-0.39, 0.29) is 39.5 Å².